The zero-order valence-electron chi connectivity index (χ0n) is 7.38. The van der Waals surface area contributed by atoms with E-state index >= 15 is 0 Å². The SMILES string of the molecule is Nc1cc(Br)c(C(F)F)c(CC(=O)O)n1. The van der Waals surface area contributed by atoms with Gasteiger partial charge in [0.15, 0.2) is 0 Å². The highest BCUT2D eigenvalue weighted by molar-refractivity contribution is 9.10. The molecule has 0 fully saturated rings. The molecule has 0 aliphatic rings. The van der Waals surface area contributed by atoms with Gasteiger partial charge in [-0.2, -0.15) is 0 Å². The quantitative estimate of drug-likeness (QED) is 0.888. The predicted octanol–water partition coefficient (Wildman–Crippen LogP) is 1.99. The number of halogens is 3. The number of rotatable bonds is 3. The molecule has 15 heavy (non-hydrogen) atoms. The number of aromatic nitrogens is 1. The normalized spacial score (nSPS) is 10.7. The Kier molecular flexibility index (Phi) is 3.57. The Morgan fingerprint density at radius 2 is 2.27 bits per heavy atom. The van der Waals surface area contributed by atoms with Crippen LogP contribution in [-0.2, 0) is 11.2 Å². The monoisotopic (exact) mass is 280 g/mol. The number of nitrogens with two attached hydrogens (primary N) is 1. The van der Waals surface area contributed by atoms with Crippen LogP contribution in [0.4, 0.5) is 14.6 Å². The fraction of sp³-hybridized carbons (Fsp3) is 0.250. The third-order valence-corrected chi connectivity index (χ3v) is 2.30. The summed E-state index contributed by atoms with van der Waals surface area (Å²) in [6.45, 7) is 0. The van der Waals surface area contributed by atoms with Crippen LogP contribution in [0.5, 0.6) is 0 Å². The summed E-state index contributed by atoms with van der Waals surface area (Å²) in [7, 11) is 0. The lowest BCUT2D eigenvalue weighted by molar-refractivity contribution is -0.136. The summed E-state index contributed by atoms with van der Waals surface area (Å²) < 4.78 is 25.2. The topological polar surface area (TPSA) is 76.2 Å². The molecule has 0 bridgehead atoms. The third kappa shape index (κ3) is 2.85. The van der Waals surface area contributed by atoms with Crippen molar-refractivity contribution in [3.05, 3.63) is 21.8 Å². The van der Waals surface area contributed by atoms with E-state index in [1.54, 1.807) is 0 Å². The molecule has 0 amide bonds. The minimum Gasteiger partial charge on any atom is -0.481 e. The largest absolute Gasteiger partial charge is 0.481 e. The van der Waals surface area contributed by atoms with Crippen LogP contribution in [0.15, 0.2) is 10.5 Å². The summed E-state index contributed by atoms with van der Waals surface area (Å²) in [4.78, 5) is 14.0. The Hall–Kier alpha value is -1.24. The van der Waals surface area contributed by atoms with Crippen molar-refractivity contribution in [1.82, 2.24) is 4.98 Å². The van der Waals surface area contributed by atoms with Crippen LogP contribution in [0.3, 0.4) is 0 Å². The molecule has 7 heteroatoms. The third-order valence-electron chi connectivity index (χ3n) is 1.64. The Morgan fingerprint density at radius 3 is 2.73 bits per heavy atom. The van der Waals surface area contributed by atoms with Gasteiger partial charge in [0.1, 0.15) is 5.82 Å². The molecule has 1 heterocycles. The van der Waals surface area contributed by atoms with Gasteiger partial charge in [0.2, 0.25) is 0 Å². The number of nitrogen functional groups attached to an aromatic ring is 1. The number of hydrogen-bond acceptors (Lipinski definition) is 3. The van der Waals surface area contributed by atoms with Gasteiger partial charge < -0.3 is 10.8 Å². The van der Waals surface area contributed by atoms with Gasteiger partial charge in [-0.1, -0.05) is 15.9 Å². The average molecular weight is 281 g/mol. The van der Waals surface area contributed by atoms with Crippen LogP contribution < -0.4 is 5.73 Å². The summed E-state index contributed by atoms with van der Waals surface area (Å²) >= 11 is 2.90. The molecular weight excluding hydrogens is 274 g/mol. The molecule has 0 atom stereocenters. The van der Waals surface area contributed by atoms with E-state index in [2.05, 4.69) is 20.9 Å². The maximum atomic E-state index is 12.6. The van der Waals surface area contributed by atoms with Crippen LogP contribution >= 0.6 is 15.9 Å². The summed E-state index contributed by atoms with van der Waals surface area (Å²) in [5.74, 6) is -1.23. The van der Waals surface area contributed by atoms with Crippen molar-refractivity contribution >= 4 is 27.7 Å². The van der Waals surface area contributed by atoms with Crippen molar-refractivity contribution in [2.45, 2.75) is 12.8 Å². The van der Waals surface area contributed by atoms with Gasteiger partial charge in [0.05, 0.1) is 17.7 Å². The number of alkyl halides is 2. The molecule has 0 aliphatic heterocycles. The van der Waals surface area contributed by atoms with Crippen LogP contribution in [0.25, 0.3) is 0 Å². The van der Waals surface area contributed by atoms with Crippen LogP contribution in [-0.4, -0.2) is 16.1 Å². The second-order valence-corrected chi connectivity index (χ2v) is 3.61. The summed E-state index contributed by atoms with van der Waals surface area (Å²) in [5, 5.41) is 8.51. The maximum absolute atomic E-state index is 12.6. The van der Waals surface area contributed by atoms with E-state index in [1.807, 2.05) is 0 Å². The number of hydrogen-bond donors (Lipinski definition) is 2. The first-order valence-corrected chi connectivity index (χ1v) is 4.66. The molecule has 4 nitrogen and oxygen atoms in total. The van der Waals surface area contributed by atoms with E-state index in [9.17, 15) is 13.6 Å². The first kappa shape index (κ1) is 11.8. The molecule has 0 saturated carbocycles. The lowest BCUT2D eigenvalue weighted by Crippen LogP contribution is -2.09. The first-order valence-electron chi connectivity index (χ1n) is 3.86. The minimum atomic E-state index is -2.79. The number of pyridine rings is 1. The Morgan fingerprint density at radius 1 is 1.67 bits per heavy atom. The summed E-state index contributed by atoms with van der Waals surface area (Å²) in [5.41, 5.74) is 4.68. The van der Waals surface area contributed by atoms with Gasteiger partial charge in [-0.05, 0) is 6.07 Å². The second kappa shape index (κ2) is 4.52. The zero-order chi connectivity index (χ0) is 11.6. The molecule has 0 aliphatic carbocycles. The summed E-state index contributed by atoms with van der Waals surface area (Å²) in [6, 6.07) is 1.22. The van der Waals surface area contributed by atoms with E-state index in [4.69, 9.17) is 10.8 Å². The van der Waals surface area contributed by atoms with Gasteiger partial charge >= 0.3 is 5.97 Å². The average Bonchev–Trinajstić information content (AvgIpc) is 1.99. The lowest BCUT2D eigenvalue weighted by atomic mass is 10.1. The molecule has 0 spiro atoms. The van der Waals surface area contributed by atoms with Crippen molar-refractivity contribution < 1.29 is 18.7 Å². The molecule has 0 radical (unpaired) electrons. The molecule has 1 aromatic rings. The van der Waals surface area contributed by atoms with Gasteiger partial charge in [0, 0.05) is 4.47 Å². The maximum Gasteiger partial charge on any atom is 0.309 e. The summed E-state index contributed by atoms with van der Waals surface area (Å²) in [6.07, 6.45) is -3.37. The highest BCUT2D eigenvalue weighted by atomic mass is 79.9. The van der Waals surface area contributed by atoms with Crippen molar-refractivity contribution in [3.63, 3.8) is 0 Å². The van der Waals surface area contributed by atoms with Gasteiger partial charge in [-0.25, -0.2) is 13.8 Å². The van der Waals surface area contributed by atoms with Crippen LogP contribution in [0, 0.1) is 0 Å². The molecule has 1 rings (SSSR count). The second-order valence-electron chi connectivity index (χ2n) is 2.76. The van der Waals surface area contributed by atoms with Gasteiger partial charge in [0.25, 0.3) is 6.43 Å². The van der Waals surface area contributed by atoms with Crippen molar-refractivity contribution in [1.29, 1.82) is 0 Å². The lowest BCUT2D eigenvalue weighted by Gasteiger charge is -2.09. The molecule has 1 aromatic heterocycles. The molecular formula is C8H7BrF2N2O2. The number of carboxylic acids is 1. The first-order chi connectivity index (χ1) is 6.91. The van der Waals surface area contributed by atoms with Gasteiger partial charge in [-0.3, -0.25) is 4.79 Å². The highest BCUT2D eigenvalue weighted by Crippen LogP contribution is 2.31. The predicted molar refractivity (Wildman–Crippen MR) is 52.6 cm³/mol. The van der Waals surface area contributed by atoms with E-state index in [0.29, 0.717) is 0 Å². The van der Waals surface area contributed by atoms with Crippen LogP contribution in [0.1, 0.15) is 17.7 Å². The van der Waals surface area contributed by atoms with Crippen molar-refractivity contribution in [3.8, 4) is 0 Å². The smallest absolute Gasteiger partial charge is 0.309 e. The van der Waals surface area contributed by atoms with E-state index in [-0.39, 0.29) is 16.0 Å². The number of nitrogens with zero attached hydrogens (tertiary/aromatic N) is 1. The molecule has 0 aromatic carbocycles. The van der Waals surface area contributed by atoms with Gasteiger partial charge in [-0.15, -0.1) is 0 Å². The van der Waals surface area contributed by atoms with Crippen LogP contribution in [0.2, 0.25) is 0 Å². The van der Waals surface area contributed by atoms with E-state index in [1.165, 1.54) is 6.07 Å². The highest BCUT2D eigenvalue weighted by Gasteiger charge is 2.20. The number of aliphatic carboxylic acids is 1. The molecule has 82 valence electrons. The van der Waals surface area contributed by atoms with E-state index < -0.39 is 24.4 Å². The minimum absolute atomic E-state index is 0.00234. The fourth-order valence-electron chi connectivity index (χ4n) is 1.10. The molecule has 0 saturated heterocycles. The number of carbonyl (C=O) groups is 1. The molecule has 0 unspecified atom stereocenters. The number of carboxylic acid groups (broad SMARTS) is 1. The standard InChI is InChI=1S/C8H7BrF2N2O2/c9-3-1-5(12)13-4(2-6(14)15)7(3)8(10)11/h1,8H,2H2,(H2,12,13)(H,14,15). The molecule has 3 N–H and O–H groups in total. The zero-order valence-corrected chi connectivity index (χ0v) is 8.96. The van der Waals surface area contributed by atoms with Crippen molar-refractivity contribution in [2.75, 3.05) is 5.73 Å². The number of anilines is 1. The van der Waals surface area contributed by atoms with E-state index in [0.717, 1.165) is 0 Å². The Labute approximate surface area is 92.2 Å². The fourth-order valence-corrected chi connectivity index (χ4v) is 1.74. The Balaban J connectivity index is 3.26. The Bertz CT molecular complexity index is 398. The van der Waals surface area contributed by atoms with Crippen molar-refractivity contribution in [2.24, 2.45) is 0 Å².